The lowest BCUT2D eigenvalue weighted by molar-refractivity contribution is 0.100. The molecule has 0 spiro atoms. The van der Waals surface area contributed by atoms with E-state index in [4.69, 9.17) is 27.8 Å². The van der Waals surface area contributed by atoms with Gasteiger partial charge in [0.15, 0.2) is 0 Å². The van der Waals surface area contributed by atoms with Gasteiger partial charge in [-0.1, -0.05) is 35.9 Å². The fourth-order valence-corrected chi connectivity index (χ4v) is 4.57. The highest BCUT2D eigenvalue weighted by atomic mass is 35.5. The minimum absolute atomic E-state index is 0.377. The SMILES string of the molecule is NCCNCc1ccc2ncn(-c3cc(OCCc4ccccc4Cl)c(C(N)=O)s3)c2c1. The Balaban J connectivity index is 1.57. The zero-order chi connectivity index (χ0) is 22.5. The molecule has 2 aromatic heterocycles. The van der Waals surface area contributed by atoms with Gasteiger partial charge in [0.1, 0.15) is 22.0 Å². The van der Waals surface area contributed by atoms with E-state index in [-0.39, 0.29) is 0 Å². The average molecular weight is 470 g/mol. The molecular weight excluding hydrogens is 446 g/mol. The predicted molar refractivity (Wildman–Crippen MR) is 129 cm³/mol. The van der Waals surface area contributed by atoms with Crippen LogP contribution in [0, 0.1) is 0 Å². The third-order valence-corrected chi connectivity index (χ3v) is 6.49. The number of fused-ring (bicyclic) bond motifs is 1. The number of nitrogens with one attached hydrogen (secondary N) is 1. The maximum Gasteiger partial charge on any atom is 0.262 e. The fourth-order valence-electron chi connectivity index (χ4n) is 3.41. The number of nitrogens with two attached hydrogens (primary N) is 2. The number of hydrogen-bond acceptors (Lipinski definition) is 6. The maximum absolute atomic E-state index is 12.0. The van der Waals surface area contributed by atoms with Crippen LogP contribution in [0.4, 0.5) is 0 Å². The highest BCUT2D eigenvalue weighted by Gasteiger charge is 2.18. The number of hydrogen-bond donors (Lipinski definition) is 3. The standard InChI is InChI=1S/C23H24ClN5O2S/c24-17-4-2-1-3-16(17)7-10-31-20-12-21(32-22(20)23(26)30)29-14-28-18-6-5-15(11-19(18)29)13-27-9-8-25/h1-6,11-12,14,27H,7-10,13,25H2,(H2,26,30). The molecule has 0 saturated heterocycles. The number of amides is 1. The van der Waals surface area contributed by atoms with Gasteiger partial charge in [-0.3, -0.25) is 9.36 Å². The van der Waals surface area contributed by atoms with Crippen molar-refractivity contribution in [1.29, 1.82) is 0 Å². The molecular formula is C23H24ClN5O2S. The number of imidazole rings is 1. The van der Waals surface area contributed by atoms with Crippen LogP contribution in [0.15, 0.2) is 54.9 Å². The number of rotatable bonds is 10. The molecule has 2 heterocycles. The summed E-state index contributed by atoms with van der Waals surface area (Å²) in [5.41, 5.74) is 15.1. The minimum atomic E-state index is -0.523. The van der Waals surface area contributed by atoms with Crippen molar-refractivity contribution >= 4 is 39.9 Å². The van der Waals surface area contributed by atoms with Gasteiger partial charge in [0.2, 0.25) is 0 Å². The van der Waals surface area contributed by atoms with Crippen molar-refractivity contribution in [3.05, 3.63) is 75.9 Å². The molecule has 0 saturated carbocycles. The third-order valence-electron chi connectivity index (χ3n) is 4.99. The van der Waals surface area contributed by atoms with Crippen molar-refractivity contribution in [3.8, 4) is 10.8 Å². The molecule has 9 heteroatoms. The summed E-state index contributed by atoms with van der Waals surface area (Å²) in [4.78, 5) is 16.9. The van der Waals surface area contributed by atoms with E-state index in [1.165, 1.54) is 11.3 Å². The molecule has 4 aromatic rings. The summed E-state index contributed by atoms with van der Waals surface area (Å²) in [5.74, 6) is -0.0581. The van der Waals surface area contributed by atoms with E-state index in [9.17, 15) is 4.79 Å². The first kappa shape index (κ1) is 22.3. The van der Waals surface area contributed by atoms with Crippen molar-refractivity contribution in [1.82, 2.24) is 14.9 Å². The second kappa shape index (κ2) is 10.1. The van der Waals surface area contributed by atoms with Gasteiger partial charge in [0.25, 0.3) is 5.91 Å². The number of carbonyl (C=O) groups excluding carboxylic acids is 1. The summed E-state index contributed by atoms with van der Waals surface area (Å²) in [6.07, 6.45) is 2.36. The van der Waals surface area contributed by atoms with Crippen molar-refractivity contribution in [3.63, 3.8) is 0 Å². The first-order valence-corrected chi connectivity index (χ1v) is 11.4. The van der Waals surface area contributed by atoms with E-state index in [1.54, 1.807) is 6.33 Å². The van der Waals surface area contributed by atoms with Crippen LogP contribution < -0.4 is 21.5 Å². The van der Waals surface area contributed by atoms with E-state index in [0.717, 1.165) is 33.7 Å². The zero-order valence-corrected chi connectivity index (χ0v) is 19.0. The van der Waals surface area contributed by atoms with Crippen LogP contribution in [-0.2, 0) is 13.0 Å². The monoisotopic (exact) mass is 469 g/mol. The van der Waals surface area contributed by atoms with Crippen LogP contribution in [0.5, 0.6) is 5.75 Å². The molecule has 0 bridgehead atoms. The summed E-state index contributed by atoms with van der Waals surface area (Å²) in [5, 5.41) is 4.79. The highest BCUT2D eigenvalue weighted by Crippen LogP contribution is 2.34. The van der Waals surface area contributed by atoms with Crippen molar-refractivity contribution < 1.29 is 9.53 Å². The zero-order valence-electron chi connectivity index (χ0n) is 17.4. The van der Waals surface area contributed by atoms with Crippen LogP contribution in [-0.4, -0.2) is 35.2 Å². The lowest BCUT2D eigenvalue weighted by Crippen LogP contribution is -2.21. The van der Waals surface area contributed by atoms with Gasteiger partial charge < -0.3 is 21.5 Å². The van der Waals surface area contributed by atoms with Crippen LogP contribution in [0.1, 0.15) is 20.8 Å². The van der Waals surface area contributed by atoms with E-state index >= 15 is 0 Å². The molecule has 166 valence electrons. The minimum Gasteiger partial charge on any atom is -0.491 e. The fraction of sp³-hybridized carbons (Fsp3) is 0.217. The maximum atomic E-state index is 12.0. The van der Waals surface area contributed by atoms with Gasteiger partial charge in [-0.15, -0.1) is 11.3 Å². The Kier molecular flexibility index (Phi) is 7.06. The van der Waals surface area contributed by atoms with E-state index in [0.29, 0.717) is 41.8 Å². The molecule has 0 unspecified atom stereocenters. The summed E-state index contributed by atoms with van der Waals surface area (Å²) in [6.45, 7) is 2.43. The lowest BCUT2D eigenvalue weighted by atomic mass is 10.2. The molecule has 0 aliphatic heterocycles. The average Bonchev–Trinajstić information content (AvgIpc) is 3.39. The Morgan fingerprint density at radius 3 is 2.84 bits per heavy atom. The Hall–Kier alpha value is -2.91. The molecule has 1 amide bonds. The van der Waals surface area contributed by atoms with E-state index in [2.05, 4.69) is 16.4 Å². The summed E-state index contributed by atoms with van der Waals surface area (Å²) in [6, 6.07) is 15.5. The molecule has 0 fully saturated rings. The first-order chi connectivity index (χ1) is 15.6. The van der Waals surface area contributed by atoms with Crippen LogP contribution >= 0.6 is 22.9 Å². The second-order valence-electron chi connectivity index (χ2n) is 7.24. The van der Waals surface area contributed by atoms with Crippen LogP contribution in [0.3, 0.4) is 0 Å². The van der Waals surface area contributed by atoms with Gasteiger partial charge in [0, 0.05) is 37.1 Å². The first-order valence-electron chi connectivity index (χ1n) is 10.2. The Morgan fingerprint density at radius 2 is 2.06 bits per heavy atom. The molecule has 0 aliphatic rings. The molecule has 2 aromatic carbocycles. The summed E-state index contributed by atoms with van der Waals surface area (Å²) < 4.78 is 7.88. The van der Waals surface area contributed by atoms with E-state index in [1.807, 2.05) is 47.0 Å². The summed E-state index contributed by atoms with van der Waals surface area (Å²) in [7, 11) is 0. The van der Waals surface area contributed by atoms with Crippen molar-refractivity contribution in [2.45, 2.75) is 13.0 Å². The number of benzene rings is 2. The number of halogens is 1. The van der Waals surface area contributed by atoms with Gasteiger partial charge in [-0.05, 0) is 29.3 Å². The quantitative estimate of drug-likeness (QED) is 0.308. The lowest BCUT2D eigenvalue weighted by Gasteiger charge is -2.07. The predicted octanol–water partition coefficient (Wildman–Crippen LogP) is 3.51. The smallest absolute Gasteiger partial charge is 0.262 e. The molecule has 0 aliphatic carbocycles. The Morgan fingerprint density at radius 1 is 1.22 bits per heavy atom. The Labute approximate surface area is 195 Å². The molecule has 0 atom stereocenters. The summed E-state index contributed by atoms with van der Waals surface area (Å²) >= 11 is 7.50. The van der Waals surface area contributed by atoms with E-state index < -0.39 is 5.91 Å². The number of primary amides is 1. The van der Waals surface area contributed by atoms with Gasteiger partial charge >= 0.3 is 0 Å². The third kappa shape index (κ3) is 4.94. The number of aromatic nitrogens is 2. The number of nitrogens with zero attached hydrogens (tertiary/aromatic N) is 2. The van der Waals surface area contributed by atoms with Crippen LogP contribution in [0.25, 0.3) is 16.0 Å². The Bertz CT molecular complexity index is 1240. The van der Waals surface area contributed by atoms with Gasteiger partial charge in [-0.2, -0.15) is 0 Å². The van der Waals surface area contributed by atoms with Gasteiger partial charge in [-0.25, -0.2) is 4.98 Å². The van der Waals surface area contributed by atoms with Gasteiger partial charge in [0.05, 0.1) is 17.6 Å². The topological polar surface area (TPSA) is 108 Å². The second-order valence-corrected chi connectivity index (χ2v) is 8.67. The molecule has 0 radical (unpaired) electrons. The normalized spacial score (nSPS) is 11.2. The van der Waals surface area contributed by atoms with Crippen molar-refractivity contribution in [2.24, 2.45) is 11.5 Å². The molecule has 5 N–H and O–H groups in total. The number of ether oxygens (including phenoxy) is 1. The van der Waals surface area contributed by atoms with Crippen molar-refractivity contribution in [2.75, 3.05) is 19.7 Å². The number of thiophene rings is 1. The largest absolute Gasteiger partial charge is 0.491 e. The van der Waals surface area contributed by atoms with Crippen LogP contribution in [0.2, 0.25) is 5.02 Å². The molecule has 7 nitrogen and oxygen atoms in total. The molecule has 4 rings (SSSR count). The molecule has 32 heavy (non-hydrogen) atoms. The number of carbonyl (C=O) groups is 1. The highest BCUT2D eigenvalue weighted by molar-refractivity contribution is 7.16.